The van der Waals surface area contributed by atoms with E-state index in [0.29, 0.717) is 36.3 Å². The van der Waals surface area contributed by atoms with E-state index in [1.165, 1.54) is 11.3 Å². The van der Waals surface area contributed by atoms with Crippen molar-refractivity contribution in [3.63, 3.8) is 0 Å². The van der Waals surface area contributed by atoms with E-state index in [2.05, 4.69) is 20.6 Å². The average Bonchev–Trinajstić information content (AvgIpc) is 3.22. The quantitative estimate of drug-likeness (QED) is 0.768. The molecule has 26 heavy (non-hydrogen) atoms. The number of urea groups is 1. The third kappa shape index (κ3) is 4.48. The number of anilines is 1. The standard InChI is InChI=1S/C17H21N5O3S/c1-11(2)25-15-12(4-3-5-18-15)9-20-14(23)8-13-10-26-17(21-13)22-7-6-19-16(22)24/h3-5,10-11H,6-9H2,1-2H3,(H,19,24)(H,20,23). The summed E-state index contributed by atoms with van der Waals surface area (Å²) in [5, 5.41) is 8.01. The summed E-state index contributed by atoms with van der Waals surface area (Å²) in [6, 6.07) is 3.53. The molecule has 1 aliphatic heterocycles. The van der Waals surface area contributed by atoms with Crippen LogP contribution in [-0.2, 0) is 17.8 Å². The van der Waals surface area contributed by atoms with Gasteiger partial charge in [0.25, 0.3) is 0 Å². The molecule has 1 aliphatic rings. The SMILES string of the molecule is CC(C)Oc1ncccc1CNC(=O)Cc1csc(N2CCNC2=O)n1. The molecule has 3 amide bonds. The number of nitrogens with zero attached hydrogens (tertiary/aromatic N) is 3. The normalized spacial score (nSPS) is 13.8. The van der Waals surface area contributed by atoms with Gasteiger partial charge < -0.3 is 15.4 Å². The zero-order chi connectivity index (χ0) is 18.5. The molecule has 138 valence electrons. The fraction of sp³-hybridized carbons (Fsp3) is 0.412. The Kier molecular flexibility index (Phi) is 5.67. The minimum Gasteiger partial charge on any atom is -0.475 e. The van der Waals surface area contributed by atoms with Gasteiger partial charge in [0.2, 0.25) is 11.8 Å². The van der Waals surface area contributed by atoms with Gasteiger partial charge in [-0.1, -0.05) is 6.07 Å². The van der Waals surface area contributed by atoms with Crippen LogP contribution in [0.4, 0.5) is 9.93 Å². The van der Waals surface area contributed by atoms with Gasteiger partial charge >= 0.3 is 6.03 Å². The van der Waals surface area contributed by atoms with Crippen molar-refractivity contribution in [3.8, 4) is 5.88 Å². The smallest absolute Gasteiger partial charge is 0.323 e. The van der Waals surface area contributed by atoms with Crippen LogP contribution in [0.1, 0.15) is 25.1 Å². The fourth-order valence-corrected chi connectivity index (χ4v) is 3.31. The van der Waals surface area contributed by atoms with Crippen LogP contribution >= 0.6 is 11.3 Å². The highest BCUT2D eigenvalue weighted by molar-refractivity contribution is 7.14. The number of amides is 3. The number of pyridine rings is 1. The molecular formula is C17H21N5O3S. The van der Waals surface area contributed by atoms with Crippen LogP contribution in [0, 0.1) is 0 Å². The summed E-state index contributed by atoms with van der Waals surface area (Å²) in [4.78, 5) is 34.0. The summed E-state index contributed by atoms with van der Waals surface area (Å²) < 4.78 is 5.65. The van der Waals surface area contributed by atoms with Crippen molar-refractivity contribution < 1.29 is 14.3 Å². The van der Waals surface area contributed by atoms with E-state index in [1.807, 2.05) is 26.0 Å². The van der Waals surface area contributed by atoms with Crippen LogP contribution in [0.3, 0.4) is 0 Å². The van der Waals surface area contributed by atoms with Crippen molar-refractivity contribution in [1.82, 2.24) is 20.6 Å². The first-order valence-corrected chi connectivity index (χ1v) is 9.28. The van der Waals surface area contributed by atoms with Crippen molar-refractivity contribution >= 4 is 28.4 Å². The first kappa shape index (κ1) is 18.1. The Hall–Kier alpha value is -2.68. The fourth-order valence-electron chi connectivity index (χ4n) is 2.46. The third-order valence-corrected chi connectivity index (χ3v) is 4.55. The number of hydrogen-bond acceptors (Lipinski definition) is 6. The predicted octanol–water partition coefficient (Wildman–Crippen LogP) is 1.71. The molecule has 0 bridgehead atoms. The van der Waals surface area contributed by atoms with E-state index >= 15 is 0 Å². The molecule has 3 heterocycles. The highest BCUT2D eigenvalue weighted by Gasteiger charge is 2.24. The van der Waals surface area contributed by atoms with Crippen molar-refractivity contribution in [2.24, 2.45) is 0 Å². The minimum absolute atomic E-state index is 0.00978. The van der Waals surface area contributed by atoms with Gasteiger partial charge in [0.15, 0.2) is 5.13 Å². The molecule has 0 aromatic carbocycles. The van der Waals surface area contributed by atoms with Gasteiger partial charge in [-0.3, -0.25) is 9.69 Å². The maximum absolute atomic E-state index is 12.2. The second kappa shape index (κ2) is 8.13. The summed E-state index contributed by atoms with van der Waals surface area (Å²) >= 11 is 1.36. The molecule has 0 atom stereocenters. The molecular weight excluding hydrogens is 354 g/mol. The largest absolute Gasteiger partial charge is 0.475 e. The Labute approximate surface area is 155 Å². The number of carbonyl (C=O) groups excluding carboxylic acids is 2. The maximum atomic E-state index is 12.2. The number of ether oxygens (including phenoxy) is 1. The molecule has 8 nitrogen and oxygen atoms in total. The van der Waals surface area contributed by atoms with Gasteiger partial charge in [-0.05, 0) is 19.9 Å². The van der Waals surface area contributed by atoms with Gasteiger partial charge in [-0.2, -0.15) is 0 Å². The molecule has 9 heteroatoms. The second-order valence-electron chi connectivity index (χ2n) is 6.09. The highest BCUT2D eigenvalue weighted by atomic mass is 32.1. The number of carbonyl (C=O) groups is 2. The van der Waals surface area contributed by atoms with E-state index in [9.17, 15) is 9.59 Å². The molecule has 2 aromatic rings. The second-order valence-corrected chi connectivity index (χ2v) is 6.93. The minimum atomic E-state index is -0.149. The Morgan fingerprint density at radius 2 is 2.35 bits per heavy atom. The van der Waals surface area contributed by atoms with Crippen molar-refractivity contribution in [1.29, 1.82) is 0 Å². The topological polar surface area (TPSA) is 96.5 Å². The van der Waals surface area contributed by atoms with Crippen LogP contribution < -0.4 is 20.3 Å². The average molecular weight is 375 g/mol. The first-order valence-electron chi connectivity index (χ1n) is 8.40. The van der Waals surface area contributed by atoms with Crippen LogP contribution in [-0.4, -0.2) is 41.1 Å². The maximum Gasteiger partial charge on any atom is 0.323 e. The number of rotatable bonds is 7. The molecule has 3 rings (SSSR count). The lowest BCUT2D eigenvalue weighted by Crippen LogP contribution is -2.28. The Morgan fingerprint density at radius 1 is 1.50 bits per heavy atom. The van der Waals surface area contributed by atoms with E-state index in [0.717, 1.165) is 5.56 Å². The summed E-state index contributed by atoms with van der Waals surface area (Å²) in [7, 11) is 0. The number of nitrogens with one attached hydrogen (secondary N) is 2. The van der Waals surface area contributed by atoms with Gasteiger partial charge in [0.05, 0.1) is 18.2 Å². The van der Waals surface area contributed by atoms with E-state index < -0.39 is 0 Å². The summed E-state index contributed by atoms with van der Waals surface area (Å²) in [6.07, 6.45) is 1.83. The monoisotopic (exact) mass is 375 g/mol. The molecule has 0 spiro atoms. The van der Waals surface area contributed by atoms with E-state index in [-0.39, 0.29) is 24.5 Å². The number of thiazole rings is 1. The van der Waals surface area contributed by atoms with Crippen molar-refractivity contribution in [2.75, 3.05) is 18.0 Å². The van der Waals surface area contributed by atoms with Gasteiger partial charge in [0.1, 0.15) is 0 Å². The van der Waals surface area contributed by atoms with E-state index in [1.54, 1.807) is 16.5 Å². The molecule has 0 radical (unpaired) electrons. The first-order chi connectivity index (χ1) is 12.5. The molecule has 0 unspecified atom stereocenters. The van der Waals surface area contributed by atoms with Crippen LogP contribution in [0.25, 0.3) is 0 Å². The van der Waals surface area contributed by atoms with Gasteiger partial charge in [-0.25, -0.2) is 14.8 Å². The predicted molar refractivity (Wildman–Crippen MR) is 98.4 cm³/mol. The molecule has 0 aliphatic carbocycles. The zero-order valence-electron chi connectivity index (χ0n) is 14.7. The van der Waals surface area contributed by atoms with Crippen molar-refractivity contribution in [2.45, 2.75) is 32.9 Å². The molecule has 1 saturated heterocycles. The Morgan fingerprint density at radius 3 is 3.08 bits per heavy atom. The Balaban J connectivity index is 1.55. The molecule has 2 aromatic heterocycles. The number of aromatic nitrogens is 2. The molecule has 0 saturated carbocycles. The van der Waals surface area contributed by atoms with Crippen molar-refractivity contribution in [3.05, 3.63) is 35.0 Å². The van der Waals surface area contributed by atoms with Crippen LogP contribution in [0.2, 0.25) is 0 Å². The van der Waals surface area contributed by atoms with Crippen LogP contribution in [0.5, 0.6) is 5.88 Å². The summed E-state index contributed by atoms with van der Waals surface area (Å²) in [5.74, 6) is 0.380. The lowest BCUT2D eigenvalue weighted by atomic mass is 10.2. The van der Waals surface area contributed by atoms with Gasteiger partial charge in [0, 0.05) is 36.8 Å². The highest BCUT2D eigenvalue weighted by Crippen LogP contribution is 2.22. The third-order valence-electron chi connectivity index (χ3n) is 3.64. The van der Waals surface area contributed by atoms with E-state index in [4.69, 9.17) is 4.74 Å². The summed E-state index contributed by atoms with van der Waals surface area (Å²) in [6.45, 7) is 5.40. The molecule has 1 fully saturated rings. The summed E-state index contributed by atoms with van der Waals surface area (Å²) in [5.41, 5.74) is 1.47. The zero-order valence-corrected chi connectivity index (χ0v) is 15.5. The van der Waals surface area contributed by atoms with Gasteiger partial charge in [-0.15, -0.1) is 11.3 Å². The number of hydrogen-bond donors (Lipinski definition) is 2. The lowest BCUT2D eigenvalue weighted by Gasteiger charge is -2.13. The Bertz CT molecular complexity index is 792. The van der Waals surface area contributed by atoms with Crippen LogP contribution in [0.15, 0.2) is 23.7 Å². The lowest BCUT2D eigenvalue weighted by molar-refractivity contribution is -0.120. The molecule has 2 N–H and O–H groups in total.